The molecule has 2 fully saturated rings. The Morgan fingerprint density at radius 2 is 1.93 bits per heavy atom. The Bertz CT molecular complexity index is 220. The summed E-state index contributed by atoms with van der Waals surface area (Å²) in [6, 6.07) is 0. The van der Waals surface area contributed by atoms with Crippen molar-refractivity contribution in [3.8, 4) is 0 Å². The predicted molar refractivity (Wildman–Crippen MR) is 55.5 cm³/mol. The standard InChI is InChI=1S/C11H19NO3/c1-8(13)14-2-3-15-11-4-9-6-12-7-10(9)5-11/h9-12H,2-7H2,1H3. The number of nitrogens with one attached hydrogen (secondary N) is 1. The quantitative estimate of drug-likeness (QED) is 0.547. The number of ether oxygens (including phenoxy) is 2. The molecule has 0 bridgehead atoms. The van der Waals surface area contributed by atoms with Crippen LogP contribution in [0.15, 0.2) is 0 Å². The second-order valence-corrected chi connectivity index (χ2v) is 4.48. The molecule has 1 saturated carbocycles. The van der Waals surface area contributed by atoms with Crippen LogP contribution in [0.3, 0.4) is 0 Å². The van der Waals surface area contributed by atoms with Crippen LogP contribution in [-0.2, 0) is 14.3 Å². The minimum Gasteiger partial charge on any atom is -0.463 e. The second kappa shape index (κ2) is 4.94. The highest BCUT2D eigenvalue weighted by Gasteiger charge is 2.37. The SMILES string of the molecule is CC(=O)OCCOC1CC2CNCC2C1. The Balaban J connectivity index is 1.59. The molecule has 86 valence electrons. The van der Waals surface area contributed by atoms with E-state index in [1.54, 1.807) is 0 Å². The maximum Gasteiger partial charge on any atom is 0.302 e. The summed E-state index contributed by atoms with van der Waals surface area (Å²) in [5.74, 6) is 1.39. The van der Waals surface area contributed by atoms with Crippen molar-refractivity contribution >= 4 is 5.97 Å². The van der Waals surface area contributed by atoms with Gasteiger partial charge in [0.2, 0.25) is 0 Å². The molecule has 0 aromatic carbocycles. The zero-order valence-electron chi connectivity index (χ0n) is 9.20. The number of carbonyl (C=O) groups excluding carboxylic acids is 1. The third-order valence-corrected chi connectivity index (χ3v) is 3.35. The molecule has 1 heterocycles. The summed E-state index contributed by atoms with van der Waals surface area (Å²) < 4.78 is 10.5. The summed E-state index contributed by atoms with van der Waals surface area (Å²) in [6.07, 6.45) is 2.72. The lowest BCUT2D eigenvalue weighted by Crippen LogP contribution is -2.18. The minimum absolute atomic E-state index is 0.230. The summed E-state index contributed by atoms with van der Waals surface area (Å²) in [4.78, 5) is 10.5. The molecule has 1 aliphatic carbocycles. The van der Waals surface area contributed by atoms with E-state index in [-0.39, 0.29) is 5.97 Å². The van der Waals surface area contributed by atoms with E-state index in [1.165, 1.54) is 6.92 Å². The highest BCUT2D eigenvalue weighted by molar-refractivity contribution is 5.65. The second-order valence-electron chi connectivity index (χ2n) is 4.48. The molecule has 0 spiro atoms. The molecule has 1 aliphatic heterocycles. The van der Waals surface area contributed by atoms with Gasteiger partial charge in [0.1, 0.15) is 6.61 Å². The fourth-order valence-corrected chi connectivity index (χ4v) is 2.65. The van der Waals surface area contributed by atoms with Crippen LogP contribution in [0.25, 0.3) is 0 Å². The van der Waals surface area contributed by atoms with Gasteiger partial charge in [-0.1, -0.05) is 0 Å². The van der Waals surface area contributed by atoms with E-state index in [4.69, 9.17) is 9.47 Å². The van der Waals surface area contributed by atoms with Gasteiger partial charge in [0.05, 0.1) is 12.7 Å². The summed E-state index contributed by atoms with van der Waals surface area (Å²) in [6.45, 7) is 4.64. The van der Waals surface area contributed by atoms with Gasteiger partial charge in [-0.2, -0.15) is 0 Å². The molecular formula is C11H19NO3. The van der Waals surface area contributed by atoms with Gasteiger partial charge >= 0.3 is 5.97 Å². The van der Waals surface area contributed by atoms with Crippen LogP contribution in [0.1, 0.15) is 19.8 Å². The van der Waals surface area contributed by atoms with E-state index >= 15 is 0 Å². The summed E-state index contributed by atoms with van der Waals surface area (Å²) in [5, 5.41) is 3.40. The average molecular weight is 213 g/mol. The van der Waals surface area contributed by atoms with E-state index in [2.05, 4.69) is 5.32 Å². The number of hydrogen-bond acceptors (Lipinski definition) is 4. The topological polar surface area (TPSA) is 47.6 Å². The molecule has 0 aromatic heterocycles. The van der Waals surface area contributed by atoms with Crippen molar-refractivity contribution < 1.29 is 14.3 Å². The summed E-state index contributed by atoms with van der Waals surface area (Å²) >= 11 is 0. The summed E-state index contributed by atoms with van der Waals surface area (Å²) in [5.41, 5.74) is 0. The van der Waals surface area contributed by atoms with Crippen molar-refractivity contribution in [3.05, 3.63) is 0 Å². The Morgan fingerprint density at radius 1 is 1.27 bits per heavy atom. The number of rotatable bonds is 4. The zero-order chi connectivity index (χ0) is 10.7. The van der Waals surface area contributed by atoms with Crippen LogP contribution in [0, 0.1) is 11.8 Å². The van der Waals surface area contributed by atoms with Crippen molar-refractivity contribution in [1.29, 1.82) is 0 Å². The highest BCUT2D eigenvalue weighted by Crippen LogP contribution is 2.35. The number of carbonyl (C=O) groups is 1. The van der Waals surface area contributed by atoms with Crippen LogP contribution < -0.4 is 5.32 Å². The first-order valence-electron chi connectivity index (χ1n) is 5.71. The maximum atomic E-state index is 10.5. The molecule has 2 aliphatic rings. The van der Waals surface area contributed by atoms with Crippen LogP contribution in [-0.4, -0.2) is 38.4 Å². The Morgan fingerprint density at radius 3 is 2.53 bits per heavy atom. The fraction of sp³-hybridized carbons (Fsp3) is 0.909. The first kappa shape index (κ1) is 10.9. The van der Waals surface area contributed by atoms with Crippen LogP contribution in [0.4, 0.5) is 0 Å². The number of hydrogen-bond donors (Lipinski definition) is 1. The molecule has 1 N–H and O–H groups in total. The Kier molecular flexibility index (Phi) is 3.59. The van der Waals surface area contributed by atoms with Crippen molar-refractivity contribution in [1.82, 2.24) is 5.32 Å². The highest BCUT2D eigenvalue weighted by atomic mass is 16.6. The van der Waals surface area contributed by atoms with Gasteiger partial charge in [0.15, 0.2) is 0 Å². The van der Waals surface area contributed by atoms with Gasteiger partial charge in [-0.3, -0.25) is 4.79 Å². The lowest BCUT2D eigenvalue weighted by atomic mass is 10.0. The first-order chi connectivity index (χ1) is 7.25. The summed E-state index contributed by atoms with van der Waals surface area (Å²) in [7, 11) is 0. The minimum atomic E-state index is -0.230. The van der Waals surface area contributed by atoms with Gasteiger partial charge in [0.25, 0.3) is 0 Å². The molecule has 0 amide bonds. The maximum absolute atomic E-state index is 10.5. The Labute approximate surface area is 90.3 Å². The Hall–Kier alpha value is -0.610. The van der Waals surface area contributed by atoms with E-state index in [0.717, 1.165) is 37.8 Å². The normalized spacial score (nSPS) is 34.1. The molecule has 2 atom stereocenters. The van der Waals surface area contributed by atoms with Crippen molar-refractivity contribution in [3.63, 3.8) is 0 Å². The van der Waals surface area contributed by atoms with Gasteiger partial charge in [-0.15, -0.1) is 0 Å². The van der Waals surface area contributed by atoms with Crippen molar-refractivity contribution in [2.75, 3.05) is 26.3 Å². The molecule has 1 saturated heterocycles. The van der Waals surface area contributed by atoms with E-state index in [9.17, 15) is 4.79 Å². The predicted octanol–water partition coefficient (Wildman–Crippen LogP) is 0.564. The van der Waals surface area contributed by atoms with E-state index < -0.39 is 0 Å². The van der Waals surface area contributed by atoms with E-state index in [0.29, 0.717) is 19.3 Å². The number of esters is 1. The molecule has 0 aromatic rings. The number of fused-ring (bicyclic) bond motifs is 1. The van der Waals surface area contributed by atoms with Crippen LogP contribution >= 0.6 is 0 Å². The molecule has 0 radical (unpaired) electrons. The molecule has 2 unspecified atom stereocenters. The molecule has 4 nitrogen and oxygen atoms in total. The molecular weight excluding hydrogens is 194 g/mol. The van der Waals surface area contributed by atoms with Crippen LogP contribution in [0.5, 0.6) is 0 Å². The molecule has 4 heteroatoms. The monoisotopic (exact) mass is 213 g/mol. The van der Waals surface area contributed by atoms with E-state index in [1.807, 2.05) is 0 Å². The largest absolute Gasteiger partial charge is 0.463 e. The third kappa shape index (κ3) is 2.92. The zero-order valence-corrected chi connectivity index (χ0v) is 9.20. The van der Waals surface area contributed by atoms with Crippen LogP contribution in [0.2, 0.25) is 0 Å². The fourth-order valence-electron chi connectivity index (χ4n) is 2.65. The lowest BCUT2D eigenvalue weighted by molar-refractivity contribution is -0.143. The van der Waals surface area contributed by atoms with Gasteiger partial charge in [0, 0.05) is 6.92 Å². The smallest absolute Gasteiger partial charge is 0.302 e. The lowest BCUT2D eigenvalue weighted by Gasteiger charge is -2.12. The van der Waals surface area contributed by atoms with Gasteiger partial charge in [-0.25, -0.2) is 0 Å². The molecule has 15 heavy (non-hydrogen) atoms. The van der Waals surface area contributed by atoms with Gasteiger partial charge in [-0.05, 0) is 37.8 Å². The average Bonchev–Trinajstić information content (AvgIpc) is 2.71. The third-order valence-electron chi connectivity index (χ3n) is 3.35. The van der Waals surface area contributed by atoms with Crippen molar-refractivity contribution in [2.45, 2.75) is 25.9 Å². The van der Waals surface area contributed by atoms with Crippen molar-refractivity contribution in [2.24, 2.45) is 11.8 Å². The molecule has 2 rings (SSSR count). The first-order valence-corrected chi connectivity index (χ1v) is 5.71. The van der Waals surface area contributed by atoms with Gasteiger partial charge < -0.3 is 14.8 Å².